The quantitative estimate of drug-likeness (QED) is 0.296. The number of benzene rings is 1. The van der Waals surface area contributed by atoms with Crippen molar-refractivity contribution >= 4 is 40.1 Å². The monoisotopic (exact) mass is 412 g/mol. The molecule has 1 amide bonds. The third kappa shape index (κ3) is 4.03. The van der Waals surface area contributed by atoms with Gasteiger partial charge in [-0.15, -0.1) is 0 Å². The van der Waals surface area contributed by atoms with Gasteiger partial charge in [0.1, 0.15) is 11.4 Å². The van der Waals surface area contributed by atoms with Crippen LogP contribution in [0.25, 0.3) is 11.0 Å². The fourth-order valence-electron chi connectivity index (χ4n) is 2.37. The van der Waals surface area contributed by atoms with Crippen molar-refractivity contribution in [3.8, 4) is 0 Å². The minimum atomic E-state index is -4.86. The molecule has 28 heavy (non-hydrogen) atoms. The Labute approximate surface area is 159 Å². The van der Waals surface area contributed by atoms with Gasteiger partial charge in [0.15, 0.2) is 5.65 Å². The molecule has 3 aromatic rings. The third-order valence-electron chi connectivity index (χ3n) is 3.63. The van der Waals surface area contributed by atoms with E-state index >= 15 is 0 Å². The SMILES string of the molecule is Cn1ncc2c(SCC(=O)Nc3ccc([N+](=O)[O-])cc3C(F)(F)F)ncnc21. The number of amides is 1. The second-order valence-electron chi connectivity index (χ2n) is 5.51. The average molecular weight is 412 g/mol. The molecule has 1 N–H and O–H groups in total. The zero-order chi connectivity index (χ0) is 20.5. The summed E-state index contributed by atoms with van der Waals surface area (Å²) in [7, 11) is 1.68. The number of hydrogen-bond donors (Lipinski definition) is 1. The molecule has 9 nitrogen and oxygen atoms in total. The lowest BCUT2D eigenvalue weighted by Gasteiger charge is -2.13. The number of nitrogens with zero attached hydrogens (tertiary/aromatic N) is 5. The highest BCUT2D eigenvalue weighted by Crippen LogP contribution is 2.37. The molecule has 0 fully saturated rings. The molecule has 0 aliphatic rings. The van der Waals surface area contributed by atoms with Crippen molar-refractivity contribution in [1.82, 2.24) is 19.7 Å². The summed E-state index contributed by atoms with van der Waals surface area (Å²) in [5, 5.41) is 17.9. The molecule has 13 heteroatoms. The number of nitro benzene ring substituents is 1. The van der Waals surface area contributed by atoms with Crippen LogP contribution in [0.5, 0.6) is 0 Å². The summed E-state index contributed by atoms with van der Waals surface area (Å²) in [5.41, 5.74) is -2.03. The molecule has 3 rings (SSSR count). The fraction of sp³-hybridized carbons (Fsp3) is 0.200. The Morgan fingerprint density at radius 1 is 1.36 bits per heavy atom. The Morgan fingerprint density at radius 3 is 2.79 bits per heavy atom. The molecule has 0 saturated carbocycles. The summed E-state index contributed by atoms with van der Waals surface area (Å²) in [6.07, 6.45) is -2.05. The minimum Gasteiger partial charge on any atom is -0.325 e. The number of aromatic nitrogens is 4. The molecule has 0 radical (unpaired) electrons. The van der Waals surface area contributed by atoms with Gasteiger partial charge in [0.2, 0.25) is 5.91 Å². The molecule has 1 aromatic carbocycles. The van der Waals surface area contributed by atoms with E-state index in [-0.39, 0.29) is 5.75 Å². The maximum absolute atomic E-state index is 13.2. The number of carbonyl (C=O) groups is 1. The molecule has 0 spiro atoms. The van der Waals surface area contributed by atoms with Crippen LogP contribution in [-0.4, -0.2) is 36.3 Å². The van der Waals surface area contributed by atoms with Crippen molar-refractivity contribution in [2.24, 2.45) is 7.05 Å². The summed E-state index contributed by atoms with van der Waals surface area (Å²) < 4.78 is 41.0. The summed E-state index contributed by atoms with van der Waals surface area (Å²) in [5.74, 6) is -0.949. The van der Waals surface area contributed by atoms with E-state index < -0.39 is 33.9 Å². The predicted octanol–water partition coefficient (Wildman–Crippen LogP) is 3.02. The lowest BCUT2D eigenvalue weighted by Crippen LogP contribution is -2.18. The zero-order valence-corrected chi connectivity index (χ0v) is 14.9. The van der Waals surface area contributed by atoms with E-state index in [1.165, 1.54) is 17.2 Å². The van der Waals surface area contributed by atoms with Crippen LogP contribution < -0.4 is 5.32 Å². The van der Waals surface area contributed by atoms with E-state index in [1.54, 1.807) is 7.05 Å². The van der Waals surface area contributed by atoms with Gasteiger partial charge in [-0.1, -0.05) is 11.8 Å². The summed E-state index contributed by atoms with van der Waals surface area (Å²) >= 11 is 1.01. The molecule has 146 valence electrons. The number of alkyl halides is 3. The lowest BCUT2D eigenvalue weighted by atomic mass is 10.1. The number of anilines is 1. The number of carbonyl (C=O) groups excluding carboxylic acids is 1. The number of rotatable bonds is 5. The largest absolute Gasteiger partial charge is 0.418 e. The van der Waals surface area contributed by atoms with Crippen LogP contribution in [-0.2, 0) is 18.0 Å². The van der Waals surface area contributed by atoms with Gasteiger partial charge in [0, 0.05) is 19.2 Å². The fourth-order valence-corrected chi connectivity index (χ4v) is 3.13. The minimum absolute atomic E-state index is 0.227. The van der Waals surface area contributed by atoms with E-state index in [1.807, 2.05) is 0 Å². The van der Waals surface area contributed by atoms with Crippen LogP contribution in [0.4, 0.5) is 24.5 Å². The first-order valence-electron chi connectivity index (χ1n) is 7.58. The molecule has 0 aliphatic carbocycles. The first-order chi connectivity index (χ1) is 13.2. The van der Waals surface area contributed by atoms with E-state index in [0.717, 1.165) is 23.9 Å². The first kappa shape index (κ1) is 19.5. The Bertz CT molecular complexity index is 1070. The highest BCUT2D eigenvalue weighted by molar-refractivity contribution is 8.00. The van der Waals surface area contributed by atoms with Gasteiger partial charge in [-0.3, -0.25) is 19.6 Å². The van der Waals surface area contributed by atoms with Gasteiger partial charge in [0.05, 0.1) is 33.5 Å². The highest BCUT2D eigenvalue weighted by Gasteiger charge is 2.35. The summed E-state index contributed by atoms with van der Waals surface area (Å²) in [4.78, 5) is 30.0. The zero-order valence-electron chi connectivity index (χ0n) is 14.1. The van der Waals surface area contributed by atoms with E-state index in [9.17, 15) is 28.1 Å². The lowest BCUT2D eigenvalue weighted by molar-refractivity contribution is -0.385. The van der Waals surface area contributed by atoms with E-state index in [0.29, 0.717) is 22.1 Å². The molecular weight excluding hydrogens is 401 g/mol. The molecule has 0 atom stereocenters. The van der Waals surface area contributed by atoms with Crippen LogP contribution in [0.3, 0.4) is 0 Å². The van der Waals surface area contributed by atoms with Crippen molar-refractivity contribution in [2.75, 3.05) is 11.1 Å². The summed E-state index contributed by atoms with van der Waals surface area (Å²) in [6, 6.07) is 2.13. The van der Waals surface area contributed by atoms with Crippen LogP contribution in [0.15, 0.2) is 35.7 Å². The maximum atomic E-state index is 13.2. The van der Waals surface area contributed by atoms with Gasteiger partial charge < -0.3 is 5.32 Å². The standard InChI is InChI=1S/C15H11F3N6O3S/c1-23-13-9(5-21-23)14(20-7-19-13)28-6-12(25)22-11-3-2-8(24(26)27)4-10(11)15(16,17)18/h2-5,7H,6H2,1H3,(H,22,25). The Balaban J connectivity index is 1.77. The average Bonchev–Trinajstić information content (AvgIpc) is 3.01. The van der Waals surface area contributed by atoms with Crippen molar-refractivity contribution in [3.63, 3.8) is 0 Å². The number of fused-ring (bicyclic) bond motifs is 1. The smallest absolute Gasteiger partial charge is 0.325 e. The number of thioether (sulfide) groups is 1. The summed E-state index contributed by atoms with van der Waals surface area (Å²) in [6.45, 7) is 0. The van der Waals surface area contributed by atoms with Crippen molar-refractivity contribution in [1.29, 1.82) is 0 Å². The number of hydrogen-bond acceptors (Lipinski definition) is 7. The van der Waals surface area contributed by atoms with Gasteiger partial charge in [-0.05, 0) is 6.07 Å². The van der Waals surface area contributed by atoms with E-state index in [2.05, 4.69) is 20.4 Å². The number of non-ortho nitro benzene ring substituents is 1. The van der Waals surface area contributed by atoms with Crippen LogP contribution in [0.1, 0.15) is 5.56 Å². The molecular formula is C15H11F3N6O3S. The molecule has 0 unspecified atom stereocenters. The Kier molecular flexibility index (Phi) is 5.18. The Hall–Kier alpha value is -3.22. The number of aryl methyl sites for hydroxylation is 1. The van der Waals surface area contributed by atoms with Gasteiger partial charge in [-0.25, -0.2) is 9.97 Å². The van der Waals surface area contributed by atoms with Crippen LogP contribution >= 0.6 is 11.8 Å². The van der Waals surface area contributed by atoms with Crippen LogP contribution in [0, 0.1) is 10.1 Å². The van der Waals surface area contributed by atoms with Crippen LogP contribution in [0.2, 0.25) is 0 Å². The molecule has 2 heterocycles. The van der Waals surface area contributed by atoms with Gasteiger partial charge in [-0.2, -0.15) is 18.3 Å². The van der Waals surface area contributed by atoms with E-state index in [4.69, 9.17) is 0 Å². The number of nitrogens with one attached hydrogen (secondary N) is 1. The van der Waals surface area contributed by atoms with Crippen molar-refractivity contribution in [3.05, 3.63) is 46.4 Å². The number of halogens is 3. The molecule has 0 bridgehead atoms. The molecule has 0 saturated heterocycles. The van der Waals surface area contributed by atoms with Gasteiger partial charge in [0.25, 0.3) is 5.69 Å². The van der Waals surface area contributed by atoms with Crippen molar-refractivity contribution in [2.45, 2.75) is 11.2 Å². The topological polar surface area (TPSA) is 116 Å². The number of nitro groups is 1. The van der Waals surface area contributed by atoms with Gasteiger partial charge >= 0.3 is 6.18 Å². The maximum Gasteiger partial charge on any atom is 0.418 e. The highest BCUT2D eigenvalue weighted by atomic mass is 32.2. The van der Waals surface area contributed by atoms with Crippen molar-refractivity contribution < 1.29 is 22.9 Å². The Morgan fingerprint density at radius 2 is 2.11 bits per heavy atom. The predicted molar refractivity (Wildman–Crippen MR) is 93.8 cm³/mol. The second-order valence-corrected chi connectivity index (χ2v) is 6.47. The second kappa shape index (κ2) is 7.42. The first-order valence-corrected chi connectivity index (χ1v) is 8.56. The third-order valence-corrected chi connectivity index (χ3v) is 4.63. The molecule has 0 aliphatic heterocycles. The molecule has 2 aromatic heterocycles. The normalized spacial score (nSPS) is 11.6.